The van der Waals surface area contributed by atoms with Gasteiger partial charge in [0.2, 0.25) is 21.8 Å². The number of ether oxygens (including phenoxy) is 1. The van der Waals surface area contributed by atoms with Gasteiger partial charge in [-0.1, -0.05) is 67.9 Å². The first-order valence-corrected chi connectivity index (χ1v) is 19.9. The number of fused-ring (bicyclic) bond motifs is 1. The molecule has 3 N–H and O–H groups in total. The van der Waals surface area contributed by atoms with E-state index in [0.29, 0.717) is 31.6 Å². The number of halogens is 1. The minimum Gasteiger partial charge on any atom is -0.444 e. The van der Waals surface area contributed by atoms with Crippen LogP contribution in [0, 0.1) is 11.8 Å². The van der Waals surface area contributed by atoms with Crippen molar-refractivity contribution >= 4 is 55.5 Å². The number of hydrogen-bond acceptors (Lipinski definition) is 8. The molecule has 0 bridgehead atoms. The van der Waals surface area contributed by atoms with Gasteiger partial charge in [0.05, 0.1) is 11.8 Å². The van der Waals surface area contributed by atoms with Crippen LogP contribution in [0.5, 0.6) is 0 Å². The van der Waals surface area contributed by atoms with E-state index in [1.807, 2.05) is 50.2 Å². The molecule has 2 aliphatic heterocycles. The molecule has 5 unspecified atom stereocenters. The molecule has 4 aliphatic rings. The molecule has 5 atom stereocenters. The Morgan fingerprint density at radius 2 is 1.75 bits per heavy atom. The fourth-order valence-electron chi connectivity index (χ4n) is 7.15. The normalized spacial score (nSPS) is 24.6. The molecular weight excluding hydrogens is 738 g/mol. The maximum atomic E-state index is 14.4. The van der Waals surface area contributed by atoms with Gasteiger partial charge in [0.1, 0.15) is 23.7 Å². The van der Waals surface area contributed by atoms with Gasteiger partial charge in [-0.05, 0) is 72.1 Å². The summed E-state index contributed by atoms with van der Waals surface area (Å²) in [5.74, 6) is -2.22. The van der Waals surface area contributed by atoms with Crippen LogP contribution in [0.3, 0.4) is 0 Å². The molecule has 14 heteroatoms. The van der Waals surface area contributed by atoms with Crippen molar-refractivity contribution in [2.45, 2.75) is 101 Å². The molecule has 6 rings (SSSR count). The van der Waals surface area contributed by atoms with Crippen LogP contribution in [0.15, 0.2) is 59.6 Å². The first-order valence-electron chi connectivity index (χ1n) is 17.5. The van der Waals surface area contributed by atoms with E-state index < -0.39 is 62.8 Å². The quantitative estimate of drug-likeness (QED) is 0.260. The van der Waals surface area contributed by atoms with Crippen molar-refractivity contribution in [3.05, 3.63) is 76.3 Å². The predicted molar refractivity (Wildman–Crippen MR) is 196 cm³/mol. The first kappa shape index (κ1) is 36.9. The van der Waals surface area contributed by atoms with E-state index in [0.717, 1.165) is 15.6 Å². The van der Waals surface area contributed by atoms with Gasteiger partial charge in [0, 0.05) is 35.6 Å². The second-order valence-corrected chi connectivity index (χ2v) is 17.7. The fraction of sp³-hybridized carbons (Fsp3) is 0.514. The monoisotopic (exact) mass is 783 g/mol. The van der Waals surface area contributed by atoms with Crippen molar-refractivity contribution in [2.75, 3.05) is 11.9 Å². The lowest BCUT2D eigenvalue weighted by Gasteiger charge is -2.31. The summed E-state index contributed by atoms with van der Waals surface area (Å²) in [5.41, 5.74) is 2.54. The van der Waals surface area contributed by atoms with E-state index in [4.69, 9.17) is 4.74 Å². The molecule has 1 saturated heterocycles. The van der Waals surface area contributed by atoms with Crippen LogP contribution < -0.4 is 15.4 Å². The van der Waals surface area contributed by atoms with E-state index in [1.165, 1.54) is 16.5 Å². The van der Waals surface area contributed by atoms with Crippen LogP contribution in [0.4, 0.5) is 10.5 Å². The van der Waals surface area contributed by atoms with Crippen molar-refractivity contribution < 1.29 is 32.3 Å². The molecule has 0 radical (unpaired) electrons. The standard InChI is InChI=1S/C37H46BrN5O7S/c1-6-24-17-37(24,35(46)41-51(48,49)28-14-15-28)40-33(44)31-16-27(50-36(47)42-18-23-8-7-9-29(21(2)3)30(23)20-42)19-43(31)34(45)32(22(4)5)39-26-12-10-25(38)11-13-26/h6-13,21-22,24,27-28,31-32,39H,1,14-20H2,2-5H3,(H,40,44)(H,41,46). The van der Waals surface area contributed by atoms with Crippen molar-refractivity contribution in [1.29, 1.82) is 0 Å². The van der Waals surface area contributed by atoms with Gasteiger partial charge in [-0.25, -0.2) is 13.2 Å². The van der Waals surface area contributed by atoms with Crippen LogP contribution in [-0.2, 0) is 42.2 Å². The lowest BCUT2D eigenvalue weighted by Crippen LogP contribution is -2.58. The number of nitrogens with one attached hydrogen (secondary N) is 3. The molecule has 2 heterocycles. The molecule has 3 fully saturated rings. The maximum absolute atomic E-state index is 14.4. The third kappa shape index (κ3) is 7.67. The van der Waals surface area contributed by atoms with Crippen LogP contribution in [0.2, 0.25) is 0 Å². The highest BCUT2D eigenvalue weighted by Crippen LogP contribution is 2.45. The topological polar surface area (TPSA) is 154 Å². The minimum atomic E-state index is -3.87. The number of sulfonamides is 1. The largest absolute Gasteiger partial charge is 0.444 e. The third-order valence-corrected chi connectivity index (χ3v) is 12.7. The van der Waals surface area contributed by atoms with Gasteiger partial charge in [-0.2, -0.15) is 0 Å². The number of amides is 4. The predicted octanol–water partition coefficient (Wildman–Crippen LogP) is 4.80. The van der Waals surface area contributed by atoms with Gasteiger partial charge in [-0.3, -0.25) is 24.0 Å². The summed E-state index contributed by atoms with van der Waals surface area (Å²) in [4.78, 5) is 58.6. The Hall–Kier alpha value is -3.91. The van der Waals surface area contributed by atoms with Crippen LogP contribution in [0.1, 0.15) is 76.0 Å². The van der Waals surface area contributed by atoms with Gasteiger partial charge in [-0.15, -0.1) is 6.58 Å². The van der Waals surface area contributed by atoms with Gasteiger partial charge < -0.3 is 20.3 Å². The number of benzene rings is 2. The summed E-state index contributed by atoms with van der Waals surface area (Å²) in [6.07, 6.45) is 1.28. The lowest BCUT2D eigenvalue weighted by molar-refractivity contribution is -0.140. The molecule has 0 spiro atoms. The summed E-state index contributed by atoms with van der Waals surface area (Å²) in [6.45, 7) is 12.5. The molecule has 4 amide bonds. The SMILES string of the molecule is C=CC1CC1(NC(=O)C1CC(OC(=O)N2Cc3cccc(C(C)C)c3C2)CN1C(=O)C(Nc1ccc(Br)cc1)C(C)C)C(=O)NS(=O)(=O)C1CC1. The van der Waals surface area contributed by atoms with E-state index >= 15 is 0 Å². The Labute approximate surface area is 307 Å². The summed E-state index contributed by atoms with van der Waals surface area (Å²) in [7, 11) is -3.87. The van der Waals surface area contributed by atoms with E-state index in [1.54, 1.807) is 4.90 Å². The number of carbonyl (C=O) groups excluding carboxylic acids is 4. The lowest BCUT2D eigenvalue weighted by atomic mass is 9.95. The van der Waals surface area contributed by atoms with Gasteiger partial charge in [0.25, 0.3) is 5.91 Å². The maximum Gasteiger partial charge on any atom is 0.410 e. The van der Waals surface area contributed by atoms with Crippen molar-refractivity contribution in [3.8, 4) is 0 Å². The summed E-state index contributed by atoms with van der Waals surface area (Å²) >= 11 is 3.43. The highest BCUT2D eigenvalue weighted by Gasteiger charge is 2.62. The molecule has 274 valence electrons. The molecule has 0 aromatic heterocycles. The molecule has 2 aromatic rings. The number of likely N-dealkylation sites (tertiary alicyclic amines) is 1. The molecule has 2 saturated carbocycles. The molecule has 51 heavy (non-hydrogen) atoms. The summed E-state index contributed by atoms with van der Waals surface area (Å²) in [5, 5.41) is 5.48. The van der Waals surface area contributed by atoms with Crippen LogP contribution in [-0.4, -0.2) is 77.6 Å². The highest BCUT2D eigenvalue weighted by molar-refractivity contribution is 9.10. The summed E-state index contributed by atoms with van der Waals surface area (Å²) < 4.78 is 34.4. The second kappa shape index (κ2) is 14.3. The fourth-order valence-corrected chi connectivity index (χ4v) is 8.78. The Kier molecular flexibility index (Phi) is 10.3. The first-order chi connectivity index (χ1) is 24.1. The van der Waals surface area contributed by atoms with Crippen molar-refractivity contribution in [1.82, 2.24) is 19.8 Å². The number of hydrogen-bond donors (Lipinski definition) is 3. The molecule has 2 aromatic carbocycles. The zero-order valence-corrected chi connectivity index (χ0v) is 31.8. The van der Waals surface area contributed by atoms with Crippen molar-refractivity contribution in [2.24, 2.45) is 11.8 Å². The zero-order chi connectivity index (χ0) is 36.8. The van der Waals surface area contributed by atoms with E-state index in [-0.39, 0.29) is 37.1 Å². The smallest absolute Gasteiger partial charge is 0.410 e. The molecule has 2 aliphatic carbocycles. The van der Waals surface area contributed by atoms with Crippen LogP contribution in [0.25, 0.3) is 0 Å². The zero-order valence-electron chi connectivity index (χ0n) is 29.4. The Balaban J connectivity index is 1.22. The number of anilines is 1. The average Bonchev–Trinajstić information content (AvgIpc) is 3.97. The van der Waals surface area contributed by atoms with Crippen molar-refractivity contribution in [3.63, 3.8) is 0 Å². The average molecular weight is 785 g/mol. The Bertz CT molecular complexity index is 1830. The Morgan fingerprint density at radius 1 is 1.04 bits per heavy atom. The van der Waals surface area contributed by atoms with Gasteiger partial charge >= 0.3 is 6.09 Å². The Morgan fingerprint density at radius 3 is 2.35 bits per heavy atom. The summed E-state index contributed by atoms with van der Waals surface area (Å²) in [6, 6.07) is 11.6. The molecule has 12 nitrogen and oxygen atoms in total. The minimum absolute atomic E-state index is 0.00126. The number of rotatable bonds is 12. The number of nitrogens with zero attached hydrogens (tertiary/aromatic N) is 2. The third-order valence-electron chi connectivity index (χ3n) is 10.4. The molecular formula is C37H46BrN5O7S. The second-order valence-electron chi connectivity index (χ2n) is 14.8. The van der Waals surface area contributed by atoms with Crippen LogP contribution >= 0.6 is 15.9 Å². The number of carbonyl (C=O) groups is 4. The van der Waals surface area contributed by atoms with E-state index in [9.17, 15) is 27.6 Å². The van der Waals surface area contributed by atoms with E-state index in [2.05, 4.69) is 57.8 Å². The highest BCUT2D eigenvalue weighted by atomic mass is 79.9. The van der Waals surface area contributed by atoms with Gasteiger partial charge in [0.15, 0.2) is 0 Å².